The fourth-order valence-electron chi connectivity index (χ4n) is 4.63. The van der Waals surface area contributed by atoms with Gasteiger partial charge in [-0.05, 0) is 43.0 Å². The average molecular weight is 479 g/mol. The summed E-state index contributed by atoms with van der Waals surface area (Å²) in [7, 11) is -1.16. The Bertz CT molecular complexity index is 1110. The SMILES string of the molecule is CC(=O)n1c(COCC[Si](C)(C)C)cc2c(NC3CCCCN3Cc3ccccc3)ccnc21. The van der Waals surface area contributed by atoms with Gasteiger partial charge < -0.3 is 10.1 Å². The van der Waals surface area contributed by atoms with Crippen molar-refractivity contribution in [1.82, 2.24) is 14.5 Å². The first kappa shape index (κ1) is 24.6. The monoisotopic (exact) mass is 478 g/mol. The third-order valence-electron chi connectivity index (χ3n) is 6.50. The van der Waals surface area contributed by atoms with Gasteiger partial charge in [0.1, 0.15) is 5.65 Å². The van der Waals surface area contributed by atoms with E-state index in [4.69, 9.17) is 4.74 Å². The fourth-order valence-corrected chi connectivity index (χ4v) is 5.39. The van der Waals surface area contributed by atoms with Crippen molar-refractivity contribution in [3.8, 4) is 0 Å². The molecule has 1 unspecified atom stereocenters. The molecule has 1 atom stereocenters. The van der Waals surface area contributed by atoms with Gasteiger partial charge in [-0.3, -0.25) is 14.3 Å². The molecule has 7 heteroatoms. The molecule has 3 aromatic rings. The van der Waals surface area contributed by atoms with E-state index in [1.54, 1.807) is 17.7 Å². The van der Waals surface area contributed by atoms with Crippen LogP contribution in [-0.4, -0.2) is 47.7 Å². The minimum absolute atomic E-state index is 0.0354. The molecule has 0 amide bonds. The minimum Gasteiger partial charge on any atom is -0.376 e. The summed E-state index contributed by atoms with van der Waals surface area (Å²) in [6.45, 7) is 11.8. The topological polar surface area (TPSA) is 59.4 Å². The van der Waals surface area contributed by atoms with Crippen molar-refractivity contribution in [3.63, 3.8) is 0 Å². The van der Waals surface area contributed by atoms with E-state index in [1.807, 2.05) is 6.07 Å². The van der Waals surface area contributed by atoms with Gasteiger partial charge in [0.15, 0.2) is 0 Å². The van der Waals surface area contributed by atoms with Crippen LogP contribution < -0.4 is 5.32 Å². The number of likely N-dealkylation sites (tertiary alicyclic amines) is 1. The van der Waals surface area contributed by atoms with Gasteiger partial charge in [-0.25, -0.2) is 4.98 Å². The predicted octanol–water partition coefficient (Wildman–Crippen LogP) is 5.98. The van der Waals surface area contributed by atoms with Crippen molar-refractivity contribution in [2.45, 2.75) is 71.2 Å². The lowest BCUT2D eigenvalue weighted by atomic mass is 10.1. The molecule has 4 rings (SSSR count). The smallest absolute Gasteiger partial charge is 0.229 e. The summed E-state index contributed by atoms with van der Waals surface area (Å²) in [4.78, 5) is 19.6. The van der Waals surface area contributed by atoms with Crippen LogP contribution in [0.25, 0.3) is 11.0 Å². The highest BCUT2D eigenvalue weighted by molar-refractivity contribution is 6.76. The van der Waals surface area contributed by atoms with Crippen LogP contribution in [0.1, 0.15) is 42.2 Å². The summed E-state index contributed by atoms with van der Waals surface area (Å²) < 4.78 is 7.70. The van der Waals surface area contributed by atoms with E-state index >= 15 is 0 Å². The van der Waals surface area contributed by atoms with Gasteiger partial charge in [-0.1, -0.05) is 50.0 Å². The molecule has 1 fully saturated rings. The molecule has 0 spiro atoms. The van der Waals surface area contributed by atoms with E-state index in [1.165, 1.54) is 18.4 Å². The maximum Gasteiger partial charge on any atom is 0.229 e. The third-order valence-corrected chi connectivity index (χ3v) is 8.21. The second-order valence-corrected chi connectivity index (χ2v) is 16.2. The maximum atomic E-state index is 12.5. The van der Waals surface area contributed by atoms with Crippen LogP contribution in [0.3, 0.4) is 0 Å². The summed E-state index contributed by atoms with van der Waals surface area (Å²) in [6.07, 6.45) is 5.57. The van der Waals surface area contributed by atoms with Crippen molar-refractivity contribution in [1.29, 1.82) is 0 Å². The number of nitrogens with one attached hydrogen (secondary N) is 1. The Morgan fingerprint density at radius 1 is 1.18 bits per heavy atom. The van der Waals surface area contributed by atoms with E-state index in [-0.39, 0.29) is 12.1 Å². The van der Waals surface area contributed by atoms with E-state index in [9.17, 15) is 4.79 Å². The van der Waals surface area contributed by atoms with Gasteiger partial charge in [-0.15, -0.1) is 0 Å². The molecule has 1 N–H and O–H groups in total. The number of ether oxygens (including phenoxy) is 1. The second-order valence-electron chi connectivity index (χ2n) is 10.6. The van der Waals surface area contributed by atoms with Crippen molar-refractivity contribution >= 4 is 30.7 Å². The van der Waals surface area contributed by atoms with Crippen LogP contribution in [0.5, 0.6) is 0 Å². The number of rotatable bonds is 9. The van der Waals surface area contributed by atoms with Gasteiger partial charge in [0.2, 0.25) is 5.91 Å². The van der Waals surface area contributed by atoms with Crippen LogP contribution >= 0.6 is 0 Å². The maximum absolute atomic E-state index is 12.5. The molecule has 1 aromatic carbocycles. The van der Waals surface area contributed by atoms with Crippen molar-refractivity contribution < 1.29 is 9.53 Å². The lowest BCUT2D eigenvalue weighted by molar-refractivity contribution is 0.0911. The van der Waals surface area contributed by atoms with E-state index < -0.39 is 8.07 Å². The predicted molar refractivity (Wildman–Crippen MR) is 142 cm³/mol. The molecule has 34 heavy (non-hydrogen) atoms. The van der Waals surface area contributed by atoms with Crippen LogP contribution in [0.4, 0.5) is 5.69 Å². The Labute approximate surface area is 204 Å². The summed E-state index contributed by atoms with van der Waals surface area (Å²) >= 11 is 0. The molecule has 1 aliphatic rings. The molecule has 0 saturated carbocycles. The molecule has 1 aliphatic heterocycles. The molecule has 2 aromatic heterocycles. The molecule has 3 heterocycles. The number of piperidine rings is 1. The number of carbonyl (C=O) groups is 1. The second kappa shape index (κ2) is 10.8. The van der Waals surface area contributed by atoms with Crippen LogP contribution in [0.2, 0.25) is 25.7 Å². The zero-order valence-electron chi connectivity index (χ0n) is 21.0. The molecule has 0 bridgehead atoms. The number of fused-ring (bicyclic) bond motifs is 1. The number of benzene rings is 1. The fraction of sp³-hybridized carbons (Fsp3) is 0.481. The van der Waals surface area contributed by atoms with Gasteiger partial charge >= 0.3 is 0 Å². The Morgan fingerprint density at radius 3 is 2.71 bits per heavy atom. The molecule has 0 radical (unpaired) electrons. The van der Waals surface area contributed by atoms with E-state index in [2.05, 4.69) is 71.2 Å². The lowest BCUT2D eigenvalue weighted by Gasteiger charge is -2.37. The van der Waals surface area contributed by atoms with Gasteiger partial charge in [0.25, 0.3) is 0 Å². The Kier molecular flexibility index (Phi) is 7.86. The van der Waals surface area contributed by atoms with E-state index in [0.29, 0.717) is 12.3 Å². The van der Waals surface area contributed by atoms with Gasteiger partial charge in [0.05, 0.1) is 18.5 Å². The highest BCUT2D eigenvalue weighted by Crippen LogP contribution is 2.29. The van der Waals surface area contributed by atoms with Crippen LogP contribution in [0.15, 0.2) is 48.7 Å². The minimum atomic E-state index is -1.16. The van der Waals surface area contributed by atoms with Crippen molar-refractivity contribution in [2.75, 3.05) is 18.5 Å². The number of hydrogen-bond acceptors (Lipinski definition) is 5. The standard InChI is InChI=1S/C27H38N4O2Si/c1-21(32)31-23(20-33-16-17-34(2,3)4)18-24-25(13-14-28-27(24)31)29-26-12-8-9-15-30(26)19-22-10-6-5-7-11-22/h5-7,10-11,13-14,18,26H,8-9,12,15-17,19-20H2,1-4H3,(H,28,29). The number of carbonyl (C=O) groups excluding carboxylic acids is 1. The first-order valence-electron chi connectivity index (χ1n) is 12.4. The summed E-state index contributed by atoms with van der Waals surface area (Å²) in [5.74, 6) is -0.0354. The van der Waals surface area contributed by atoms with E-state index in [0.717, 1.165) is 48.9 Å². The summed E-state index contributed by atoms with van der Waals surface area (Å²) in [5.41, 5.74) is 3.92. The average Bonchev–Trinajstić information content (AvgIpc) is 3.18. The van der Waals surface area contributed by atoms with Gasteiger partial charge in [-0.2, -0.15) is 0 Å². The molecule has 6 nitrogen and oxygen atoms in total. The Balaban J connectivity index is 1.55. The summed E-state index contributed by atoms with van der Waals surface area (Å²) in [6, 6.07) is 15.9. The largest absolute Gasteiger partial charge is 0.376 e. The zero-order chi connectivity index (χ0) is 24.1. The van der Waals surface area contributed by atoms with Crippen molar-refractivity contribution in [3.05, 3.63) is 59.9 Å². The number of pyridine rings is 1. The number of hydrogen-bond donors (Lipinski definition) is 1. The quantitative estimate of drug-likeness (QED) is 0.303. The normalized spacial score (nSPS) is 17.2. The molecule has 182 valence electrons. The number of aromatic nitrogens is 2. The lowest BCUT2D eigenvalue weighted by Crippen LogP contribution is -2.43. The van der Waals surface area contributed by atoms with Crippen LogP contribution in [0, 0.1) is 0 Å². The number of nitrogens with zero attached hydrogens (tertiary/aromatic N) is 3. The highest BCUT2D eigenvalue weighted by atomic mass is 28.3. The Morgan fingerprint density at radius 2 is 1.97 bits per heavy atom. The molecular formula is C27H38N4O2Si. The molecular weight excluding hydrogens is 440 g/mol. The first-order valence-corrected chi connectivity index (χ1v) is 16.1. The summed E-state index contributed by atoms with van der Waals surface area (Å²) in [5, 5.41) is 4.77. The van der Waals surface area contributed by atoms with Crippen molar-refractivity contribution in [2.24, 2.45) is 0 Å². The van der Waals surface area contributed by atoms with Gasteiger partial charge in [0, 0.05) is 52.0 Å². The number of anilines is 1. The first-order chi connectivity index (χ1) is 16.3. The molecule has 0 aliphatic carbocycles. The molecule has 1 saturated heterocycles. The highest BCUT2D eigenvalue weighted by Gasteiger charge is 2.24. The third kappa shape index (κ3) is 6.14. The zero-order valence-corrected chi connectivity index (χ0v) is 22.0. The Hall–Kier alpha value is -2.48. The van der Waals surface area contributed by atoms with Crippen LogP contribution in [-0.2, 0) is 17.9 Å².